The van der Waals surface area contributed by atoms with Gasteiger partial charge >= 0.3 is 0 Å². The van der Waals surface area contributed by atoms with Gasteiger partial charge in [-0.2, -0.15) is 0 Å². The Morgan fingerprint density at radius 1 is 1.29 bits per heavy atom. The van der Waals surface area contributed by atoms with Crippen molar-refractivity contribution in [2.45, 2.75) is 0 Å². The van der Waals surface area contributed by atoms with Crippen molar-refractivity contribution in [2.75, 3.05) is 5.73 Å². The molecule has 0 saturated heterocycles. The molecule has 0 spiro atoms. The Morgan fingerprint density at radius 3 is 2.14 bits per heavy atom. The van der Waals surface area contributed by atoms with Gasteiger partial charge in [-0.05, 0) is 5.21 Å². The van der Waals surface area contributed by atoms with Crippen molar-refractivity contribution in [1.82, 2.24) is 15.4 Å². The van der Waals surface area contributed by atoms with Crippen LogP contribution in [0.15, 0.2) is 12.4 Å². The van der Waals surface area contributed by atoms with Crippen molar-refractivity contribution in [3.05, 3.63) is 12.4 Å². The summed E-state index contributed by atoms with van der Waals surface area (Å²) in [5.74, 6) is 0. The van der Waals surface area contributed by atoms with E-state index in [1.165, 1.54) is 12.4 Å². The van der Waals surface area contributed by atoms with Crippen LogP contribution < -0.4 is 5.73 Å². The second-order valence-electron chi connectivity index (χ2n) is 1.08. The van der Waals surface area contributed by atoms with E-state index in [2.05, 4.69) is 15.4 Å². The van der Waals surface area contributed by atoms with Crippen LogP contribution in [-0.2, 0) is 0 Å². The Balaban J connectivity index is 3.02. The maximum atomic E-state index is 5.19. The van der Waals surface area contributed by atoms with Crippen molar-refractivity contribution < 1.29 is 0 Å². The molecule has 0 aliphatic heterocycles. The van der Waals surface area contributed by atoms with Gasteiger partial charge in [0.25, 0.3) is 0 Å². The normalized spacial score (nSPS) is 8.57. The molecule has 0 aliphatic carbocycles. The molecule has 0 atom stereocenters. The Morgan fingerprint density at radius 2 is 1.86 bits per heavy atom. The van der Waals surface area contributed by atoms with Gasteiger partial charge in [0.1, 0.15) is 0 Å². The SMILES string of the molecule is Nc1cnnnc1. The molecule has 0 unspecified atom stereocenters. The van der Waals surface area contributed by atoms with Gasteiger partial charge in [0, 0.05) is 0 Å². The Hall–Kier alpha value is -1.19. The lowest BCUT2D eigenvalue weighted by atomic mass is 10.6. The van der Waals surface area contributed by atoms with Crippen LogP contribution in [0.1, 0.15) is 0 Å². The van der Waals surface area contributed by atoms with Gasteiger partial charge in [-0.25, -0.2) is 0 Å². The largest absolute Gasteiger partial charge is 0.396 e. The fraction of sp³-hybridized carbons (Fsp3) is 0. The number of hydrogen-bond acceptors (Lipinski definition) is 4. The van der Waals surface area contributed by atoms with Gasteiger partial charge in [-0.3, -0.25) is 0 Å². The van der Waals surface area contributed by atoms with E-state index in [1.807, 2.05) is 0 Å². The van der Waals surface area contributed by atoms with Gasteiger partial charge in [0.2, 0.25) is 0 Å². The molecule has 7 heavy (non-hydrogen) atoms. The molecule has 0 amide bonds. The van der Waals surface area contributed by atoms with Gasteiger partial charge in [0.15, 0.2) is 0 Å². The van der Waals surface area contributed by atoms with Gasteiger partial charge in [-0.1, -0.05) is 0 Å². The Kier molecular flexibility index (Phi) is 0.856. The first kappa shape index (κ1) is 3.98. The summed E-state index contributed by atoms with van der Waals surface area (Å²) in [6, 6.07) is 0. The molecule has 1 heterocycles. The maximum absolute atomic E-state index is 5.19. The number of nitrogens with two attached hydrogens (primary N) is 1. The highest BCUT2D eigenvalue weighted by molar-refractivity contribution is 5.28. The zero-order valence-electron chi connectivity index (χ0n) is 3.57. The molecule has 0 bridgehead atoms. The molecular weight excluding hydrogens is 92.1 g/mol. The first-order valence-corrected chi connectivity index (χ1v) is 1.78. The van der Waals surface area contributed by atoms with Crippen LogP contribution >= 0.6 is 0 Å². The highest BCUT2D eigenvalue weighted by atomic mass is 15.3. The van der Waals surface area contributed by atoms with E-state index in [0.717, 1.165) is 0 Å². The molecule has 1 rings (SSSR count). The summed E-state index contributed by atoms with van der Waals surface area (Å²) in [6.45, 7) is 0. The summed E-state index contributed by atoms with van der Waals surface area (Å²) >= 11 is 0. The minimum Gasteiger partial charge on any atom is -0.396 e. The van der Waals surface area contributed by atoms with E-state index in [0.29, 0.717) is 5.69 Å². The topological polar surface area (TPSA) is 64.7 Å². The lowest BCUT2D eigenvalue weighted by Crippen LogP contribution is -1.89. The van der Waals surface area contributed by atoms with Crippen LogP contribution in [0.3, 0.4) is 0 Å². The molecule has 2 N–H and O–H groups in total. The average Bonchev–Trinajstić information content (AvgIpc) is 1.69. The Labute approximate surface area is 40.4 Å². The van der Waals surface area contributed by atoms with E-state index >= 15 is 0 Å². The lowest BCUT2D eigenvalue weighted by Gasteiger charge is -1.80. The van der Waals surface area contributed by atoms with Crippen LogP contribution in [0.2, 0.25) is 0 Å². The predicted molar refractivity (Wildman–Crippen MR) is 24.2 cm³/mol. The summed E-state index contributed by atoms with van der Waals surface area (Å²) in [6.07, 6.45) is 2.88. The smallest absolute Gasteiger partial charge is 0.0760 e. The molecule has 0 saturated carbocycles. The number of nitrogen functional groups attached to an aromatic ring is 1. The number of anilines is 1. The zero-order valence-corrected chi connectivity index (χ0v) is 3.57. The van der Waals surface area contributed by atoms with Gasteiger partial charge < -0.3 is 5.73 Å². The van der Waals surface area contributed by atoms with Crippen LogP contribution in [0.5, 0.6) is 0 Å². The van der Waals surface area contributed by atoms with Crippen LogP contribution in [-0.4, -0.2) is 15.4 Å². The molecule has 1 aromatic heterocycles. The minimum absolute atomic E-state index is 0.537. The minimum atomic E-state index is 0.537. The average molecular weight is 96.1 g/mol. The first-order chi connectivity index (χ1) is 3.39. The summed E-state index contributed by atoms with van der Waals surface area (Å²) in [5, 5.41) is 10.1. The van der Waals surface area contributed by atoms with Crippen molar-refractivity contribution >= 4 is 5.69 Å². The van der Waals surface area contributed by atoms with Gasteiger partial charge in [0.05, 0.1) is 18.1 Å². The van der Waals surface area contributed by atoms with E-state index < -0.39 is 0 Å². The van der Waals surface area contributed by atoms with Crippen LogP contribution in [0, 0.1) is 0 Å². The number of rotatable bonds is 0. The molecule has 0 radical (unpaired) electrons. The van der Waals surface area contributed by atoms with E-state index in [4.69, 9.17) is 5.73 Å². The van der Waals surface area contributed by atoms with E-state index in [9.17, 15) is 0 Å². The van der Waals surface area contributed by atoms with Crippen molar-refractivity contribution in [1.29, 1.82) is 0 Å². The molecule has 4 heteroatoms. The number of nitrogens with zero attached hydrogens (tertiary/aromatic N) is 3. The summed E-state index contributed by atoms with van der Waals surface area (Å²) in [4.78, 5) is 0. The van der Waals surface area contributed by atoms with E-state index in [1.54, 1.807) is 0 Å². The highest BCUT2D eigenvalue weighted by Gasteiger charge is 1.76. The van der Waals surface area contributed by atoms with Crippen molar-refractivity contribution in [2.24, 2.45) is 0 Å². The predicted octanol–water partition coefficient (Wildman–Crippen LogP) is -0.546. The fourth-order valence-electron chi connectivity index (χ4n) is 0.248. The van der Waals surface area contributed by atoms with Crippen LogP contribution in [0.4, 0.5) is 5.69 Å². The van der Waals surface area contributed by atoms with Crippen molar-refractivity contribution in [3.8, 4) is 0 Å². The maximum Gasteiger partial charge on any atom is 0.0760 e. The van der Waals surface area contributed by atoms with E-state index in [-0.39, 0.29) is 0 Å². The Bertz CT molecular complexity index is 137. The summed E-state index contributed by atoms with van der Waals surface area (Å²) in [5.41, 5.74) is 5.73. The molecule has 36 valence electrons. The second kappa shape index (κ2) is 1.51. The van der Waals surface area contributed by atoms with Crippen molar-refractivity contribution in [3.63, 3.8) is 0 Å². The molecule has 0 aliphatic rings. The standard InChI is InChI=1S/C3H4N4/c4-3-1-5-7-6-2-3/h1-2H,(H2,4,7). The third kappa shape index (κ3) is 0.819. The monoisotopic (exact) mass is 96.0 g/mol. The summed E-state index contributed by atoms with van der Waals surface area (Å²) in [7, 11) is 0. The molecular formula is C3H4N4. The van der Waals surface area contributed by atoms with Crippen LogP contribution in [0.25, 0.3) is 0 Å². The number of aromatic nitrogens is 3. The lowest BCUT2D eigenvalue weighted by molar-refractivity contribution is 0.868. The third-order valence-electron chi connectivity index (χ3n) is 0.517. The molecule has 0 aromatic carbocycles. The molecule has 1 aromatic rings. The third-order valence-corrected chi connectivity index (χ3v) is 0.517. The molecule has 0 fully saturated rings. The molecule has 4 nitrogen and oxygen atoms in total. The summed E-state index contributed by atoms with van der Waals surface area (Å²) < 4.78 is 0. The fourth-order valence-corrected chi connectivity index (χ4v) is 0.248. The zero-order chi connectivity index (χ0) is 5.11. The van der Waals surface area contributed by atoms with Gasteiger partial charge in [-0.15, -0.1) is 10.2 Å². The second-order valence-corrected chi connectivity index (χ2v) is 1.08. The quantitative estimate of drug-likeness (QED) is 0.470. The number of hydrogen-bond donors (Lipinski definition) is 1. The highest BCUT2D eigenvalue weighted by Crippen LogP contribution is 1.86. The first-order valence-electron chi connectivity index (χ1n) is 1.78.